The van der Waals surface area contributed by atoms with E-state index in [-0.39, 0.29) is 28.8 Å². The highest BCUT2D eigenvalue weighted by atomic mass is 16.7. The summed E-state index contributed by atoms with van der Waals surface area (Å²) in [5.74, 6) is -0.912. The molecule has 3 aromatic rings. The lowest BCUT2D eigenvalue weighted by atomic mass is 9.99. The molecule has 39 heavy (non-hydrogen) atoms. The Morgan fingerprint density at radius 1 is 0.923 bits per heavy atom. The first kappa shape index (κ1) is 28.0. The van der Waals surface area contributed by atoms with Crippen molar-refractivity contribution in [1.82, 2.24) is 0 Å². The number of aliphatic hydroxyl groups is 3. The van der Waals surface area contributed by atoms with Gasteiger partial charge in [0, 0.05) is 6.07 Å². The van der Waals surface area contributed by atoms with E-state index in [1.807, 2.05) is 0 Å². The van der Waals surface area contributed by atoms with Crippen LogP contribution in [0.2, 0.25) is 0 Å². The highest BCUT2D eigenvalue weighted by molar-refractivity contribution is 5.91. The number of ether oxygens (including phenoxy) is 5. The van der Waals surface area contributed by atoms with E-state index in [1.165, 1.54) is 24.5 Å². The van der Waals surface area contributed by atoms with Gasteiger partial charge in [-0.25, -0.2) is 0 Å². The first-order valence-corrected chi connectivity index (χ1v) is 12.1. The van der Waals surface area contributed by atoms with E-state index >= 15 is 0 Å². The Bertz CT molecular complexity index is 1370. The lowest BCUT2D eigenvalue weighted by Gasteiger charge is -2.39. The normalized spacial score (nSPS) is 22.7. The third kappa shape index (κ3) is 6.37. The zero-order valence-corrected chi connectivity index (χ0v) is 21.1. The summed E-state index contributed by atoms with van der Waals surface area (Å²) in [6.45, 7) is 1.16. The molecule has 1 saturated heterocycles. The summed E-state index contributed by atoms with van der Waals surface area (Å²) >= 11 is 0. The van der Waals surface area contributed by atoms with Crippen LogP contribution in [0.25, 0.3) is 22.1 Å². The zero-order valence-electron chi connectivity index (χ0n) is 21.1. The van der Waals surface area contributed by atoms with Crippen molar-refractivity contribution in [2.75, 3.05) is 20.3 Å². The van der Waals surface area contributed by atoms with Gasteiger partial charge in [-0.3, -0.25) is 14.4 Å². The Kier molecular flexibility index (Phi) is 8.82. The van der Waals surface area contributed by atoms with Crippen LogP contribution >= 0.6 is 0 Å². The van der Waals surface area contributed by atoms with Gasteiger partial charge in [0.1, 0.15) is 60.8 Å². The molecular formula is C27H28O12. The molecule has 1 aliphatic heterocycles. The molecule has 0 spiro atoms. The van der Waals surface area contributed by atoms with Crippen molar-refractivity contribution in [1.29, 1.82) is 0 Å². The summed E-state index contributed by atoms with van der Waals surface area (Å²) in [7, 11) is 1.54. The van der Waals surface area contributed by atoms with Crippen molar-refractivity contribution in [3.05, 3.63) is 59.0 Å². The number of hydrogen-bond acceptors (Lipinski definition) is 12. The van der Waals surface area contributed by atoms with E-state index < -0.39 is 55.7 Å². The second-order valence-electron chi connectivity index (χ2n) is 8.66. The van der Waals surface area contributed by atoms with Crippen LogP contribution in [-0.2, 0) is 23.8 Å². The van der Waals surface area contributed by atoms with E-state index in [4.69, 9.17) is 23.4 Å². The Morgan fingerprint density at radius 3 is 2.31 bits per heavy atom. The van der Waals surface area contributed by atoms with Gasteiger partial charge in [0.2, 0.25) is 6.29 Å². The van der Waals surface area contributed by atoms with Crippen molar-refractivity contribution in [2.45, 2.75) is 44.1 Å². The van der Waals surface area contributed by atoms with Gasteiger partial charge in [0.05, 0.1) is 24.7 Å². The molecule has 1 aliphatic rings. The van der Waals surface area contributed by atoms with E-state index in [0.29, 0.717) is 16.9 Å². The minimum atomic E-state index is -1.69. The summed E-state index contributed by atoms with van der Waals surface area (Å²) in [6, 6.07) is 11.3. The highest BCUT2D eigenvalue weighted by Crippen LogP contribution is 2.28. The molecule has 2 aromatic carbocycles. The molecule has 208 valence electrons. The van der Waals surface area contributed by atoms with Crippen LogP contribution in [0.3, 0.4) is 0 Å². The number of aliphatic hydroxyl groups excluding tert-OH is 3. The lowest BCUT2D eigenvalue weighted by molar-refractivity contribution is -0.278. The van der Waals surface area contributed by atoms with Gasteiger partial charge in [0.25, 0.3) is 0 Å². The number of hydrogen-bond donors (Lipinski definition) is 3. The van der Waals surface area contributed by atoms with E-state index in [9.17, 15) is 29.7 Å². The second kappa shape index (κ2) is 12.3. The number of fused-ring (bicyclic) bond motifs is 1. The number of carbonyl (C=O) groups is 2. The number of carbonyl (C=O) groups excluding carboxylic acids is 2. The molecule has 2 heterocycles. The maximum absolute atomic E-state index is 13.1. The van der Waals surface area contributed by atoms with Crippen molar-refractivity contribution >= 4 is 22.9 Å². The van der Waals surface area contributed by atoms with Crippen LogP contribution in [-0.4, -0.2) is 78.3 Å². The highest BCUT2D eigenvalue weighted by Gasteiger charge is 2.45. The predicted octanol–water partition coefficient (Wildman–Crippen LogP) is 1.15. The van der Waals surface area contributed by atoms with Gasteiger partial charge in [-0.1, -0.05) is 12.1 Å². The molecule has 1 fully saturated rings. The molecule has 0 amide bonds. The number of rotatable bonds is 9. The Hall–Kier alpha value is -3.97. The van der Waals surface area contributed by atoms with Gasteiger partial charge < -0.3 is 43.4 Å². The van der Waals surface area contributed by atoms with Gasteiger partial charge in [-0.2, -0.15) is 0 Å². The van der Waals surface area contributed by atoms with E-state index in [0.717, 1.165) is 0 Å². The molecule has 0 radical (unpaired) electrons. The third-order valence-electron chi connectivity index (χ3n) is 6.07. The molecule has 4 rings (SSSR count). The van der Waals surface area contributed by atoms with Gasteiger partial charge in [-0.15, -0.1) is 0 Å². The van der Waals surface area contributed by atoms with Crippen LogP contribution in [0.5, 0.6) is 11.5 Å². The summed E-state index contributed by atoms with van der Waals surface area (Å²) in [5.41, 5.74) is 0.921. The molecule has 0 bridgehead atoms. The Labute approximate surface area is 222 Å². The van der Waals surface area contributed by atoms with Gasteiger partial charge >= 0.3 is 11.9 Å². The molecule has 5 atom stereocenters. The average molecular weight is 545 g/mol. The standard InChI is InChI=1S/C27H28O12/c1-3-35-21(28)11-22(29)37-13-20-24(31)25(32)26(33)27(39-20)38-16-8-9-17-19(10-16)36-12-18(23(17)30)14-4-6-15(34-2)7-5-14/h4-10,12,20,24-27,31-33H,3,11,13H2,1-2H3/t20-,24-,25+,26-,27-/m0/s1. The smallest absolute Gasteiger partial charge is 0.317 e. The molecule has 1 aromatic heterocycles. The van der Waals surface area contributed by atoms with Gasteiger partial charge in [0.15, 0.2) is 5.43 Å². The molecule has 0 saturated carbocycles. The topological polar surface area (TPSA) is 171 Å². The van der Waals surface area contributed by atoms with Crippen LogP contribution in [0.1, 0.15) is 13.3 Å². The molecule has 12 heteroatoms. The van der Waals surface area contributed by atoms with Gasteiger partial charge in [-0.05, 0) is 36.8 Å². The fraction of sp³-hybridized carbons (Fsp3) is 0.370. The fourth-order valence-electron chi connectivity index (χ4n) is 3.99. The maximum atomic E-state index is 13.1. The quantitative estimate of drug-likeness (QED) is 0.260. The van der Waals surface area contributed by atoms with Crippen molar-refractivity contribution < 1.29 is 53.0 Å². The lowest BCUT2D eigenvalue weighted by Crippen LogP contribution is -2.60. The molecule has 0 unspecified atom stereocenters. The summed E-state index contributed by atoms with van der Waals surface area (Å²) < 4.78 is 31.6. The third-order valence-corrected chi connectivity index (χ3v) is 6.07. The van der Waals surface area contributed by atoms with E-state index in [1.54, 1.807) is 38.3 Å². The maximum Gasteiger partial charge on any atom is 0.317 e. The number of benzene rings is 2. The van der Waals surface area contributed by atoms with Crippen LogP contribution < -0.4 is 14.9 Å². The molecule has 12 nitrogen and oxygen atoms in total. The van der Waals surface area contributed by atoms with Crippen LogP contribution in [0, 0.1) is 0 Å². The first-order valence-electron chi connectivity index (χ1n) is 12.1. The van der Waals surface area contributed by atoms with Crippen molar-refractivity contribution in [3.8, 4) is 22.6 Å². The average Bonchev–Trinajstić information content (AvgIpc) is 2.93. The SMILES string of the molecule is CCOC(=O)CC(=O)OC[C@@H]1O[C@H](Oc2ccc3c(=O)c(-c4ccc(OC)cc4)coc3c2)[C@@H](O)[C@H](O)[C@H]1O. The zero-order chi connectivity index (χ0) is 28.1. The second-order valence-corrected chi connectivity index (χ2v) is 8.66. The molecular weight excluding hydrogens is 516 g/mol. The molecule has 0 aliphatic carbocycles. The minimum absolute atomic E-state index is 0.0989. The summed E-state index contributed by atoms with van der Waals surface area (Å²) in [6.07, 6.45) is -7.02. The van der Waals surface area contributed by atoms with Crippen LogP contribution in [0.15, 0.2) is 57.9 Å². The van der Waals surface area contributed by atoms with Crippen LogP contribution in [0.4, 0.5) is 0 Å². The summed E-state index contributed by atoms with van der Waals surface area (Å²) in [4.78, 5) is 36.3. The van der Waals surface area contributed by atoms with Crippen molar-refractivity contribution in [3.63, 3.8) is 0 Å². The Balaban J connectivity index is 1.47. The van der Waals surface area contributed by atoms with E-state index in [2.05, 4.69) is 4.74 Å². The number of methoxy groups -OCH3 is 1. The number of esters is 2. The molecule has 3 N–H and O–H groups in total. The minimum Gasteiger partial charge on any atom is -0.497 e. The van der Waals surface area contributed by atoms with Crippen molar-refractivity contribution in [2.24, 2.45) is 0 Å². The summed E-state index contributed by atoms with van der Waals surface area (Å²) in [5, 5.41) is 31.2. The first-order chi connectivity index (χ1) is 18.7. The monoisotopic (exact) mass is 544 g/mol. The predicted molar refractivity (Wildman–Crippen MR) is 134 cm³/mol. The largest absolute Gasteiger partial charge is 0.497 e. The fourth-order valence-corrected chi connectivity index (χ4v) is 3.99. The Morgan fingerprint density at radius 2 is 1.62 bits per heavy atom.